The number of amides is 1. The molecule has 0 rings (SSSR count). The van der Waals surface area contributed by atoms with Gasteiger partial charge < -0.3 is 10.4 Å². The Kier molecular flexibility index (Phi) is 5.53. The second-order valence-corrected chi connectivity index (χ2v) is 3.32. The molecule has 0 heterocycles. The predicted octanol–water partition coefficient (Wildman–Crippen LogP) is 0.143. The van der Waals surface area contributed by atoms with E-state index in [0.717, 1.165) is 0 Å². The summed E-state index contributed by atoms with van der Waals surface area (Å²) >= 11 is 1.38. The van der Waals surface area contributed by atoms with Crippen molar-refractivity contribution in [2.24, 2.45) is 0 Å². The van der Waals surface area contributed by atoms with Crippen LogP contribution < -0.4 is 5.32 Å². The molecular weight excluding hydrogens is 178 g/mol. The van der Waals surface area contributed by atoms with Crippen molar-refractivity contribution in [3.63, 3.8) is 0 Å². The molecule has 5 heteroatoms. The van der Waals surface area contributed by atoms with Crippen LogP contribution in [0.2, 0.25) is 0 Å². The van der Waals surface area contributed by atoms with Crippen molar-refractivity contribution in [2.75, 3.05) is 11.5 Å². The van der Waals surface area contributed by atoms with Gasteiger partial charge in [-0.05, 0) is 12.7 Å². The van der Waals surface area contributed by atoms with E-state index in [1.54, 1.807) is 0 Å². The minimum atomic E-state index is -1.01. The smallest absolute Gasteiger partial charge is 0.327 e. The summed E-state index contributed by atoms with van der Waals surface area (Å²) in [4.78, 5) is 21.0. The molecule has 1 atom stereocenters. The summed E-state index contributed by atoms with van der Waals surface area (Å²) in [5.74, 6) is -0.375. The maximum absolute atomic E-state index is 10.5. The van der Waals surface area contributed by atoms with Crippen LogP contribution in [0, 0.1) is 6.92 Å². The number of hydrogen-bond donors (Lipinski definition) is 2. The van der Waals surface area contributed by atoms with E-state index >= 15 is 0 Å². The third-order valence-corrected chi connectivity index (χ3v) is 1.96. The number of hydrogen-bond acceptors (Lipinski definition) is 3. The second-order valence-electron chi connectivity index (χ2n) is 2.17. The molecule has 0 fully saturated rings. The van der Waals surface area contributed by atoms with E-state index < -0.39 is 12.0 Å². The molecule has 0 saturated heterocycles. The summed E-state index contributed by atoms with van der Waals surface area (Å²) in [5.41, 5.74) is 0. The van der Waals surface area contributed by atoms with Crippen molar-refractivity contribution in [1.29, 1.82) is 0 Å². The first-order valence-electron chi connectivity index (χ1n) is 3.44. The maximum atomic E-state index is 10.5. The zero-order chi connectivity index (χ0) is 9.56. The fourth-order valence-electron chi connectivity index (χ4n) is 0.621. The van der Waals surface area contributed by atoms with Crippen molar-refractivity contribution >= 4 is 23.6 Å². The highest BCUT2D eigenvalue weighted by Gasteiger charge is 2.17. The number of carboxylic acid groups (broad SMARTS) is 1. The fourth-order valence-corrected chi connectivity index (χ4v) is 1.25. The van der Waals surface area contributed by atoms with Crippen molar-refractivity contribution in [1.82, 2.24) is 5.32 Å². The van der Waals surface area contributed by atoms with E-state index in [0.29, 0.717) is 11.5 Å². The van der Waals surface area contributed by atoms with Crippen LogP contribution in [0.1, 0.15) is 6.92 Å². The summed E-state index contributed by atoms with van der Waals surface area (Å²) in [5, 5.41) is 10.9. The molecule has 0 aromatic rings. The number of carbonyl (C=O) groups excluding carboxylic acids is 1. The second kappa shape index (κ2) is 5.88. The Morgan fingerprint density at radius 1 is 1.67 bits per heavy atom. The van der Waals surface area contributed by atoms with Crippen molar-refractivity contribution in [3.8, 4) is 0 Å². The molecule has 0 aromatic carbocycles. The lowest BCUT2D eigenvalue weighted by Crippen LogP contribution is -2.41. The van der Waals surface area contributed by atoms with E-state index in [-0.39, 0.29) is 5.91 Å². The molecule has 0 aromatic heterocycles. The van der Waals surface area contributed by atoms with E-state index in [2.05, 4.69) is 12.2 Å². The highest BCUT2D eigenvalue weighted by atomic mass is 32.2. The van der Waals surface area contributed by atoms with Crippen molar-refractivity contribution in [2.45, 2.75) is 13.0 Å². The van der Waals surface area contributed by atoms with Gasteiger partial charge in [0.05, 0.1) is 0 Å². The summed E-state index contributed by atoms with van der Waals surface area (Å²) in [6.45, 7) is 4.85. The lowest BCUT2D eigenvalue weighted by atomic mass is 10.3. The molecule has 1 radical (unpaired) electrons. The summed E-state index contributed by atoms with van der Waals surface area (Å²) in [7, 11) is 0. The van der Waals surface area contributed by atoms with Gasteiger partial charge in [-0.1, -0.05) is 0 Å². The van der Waals surface area contributed by atoms with Crippen LogP contribution in [0.15, 0.2) is 0 Å². The minimum Gasteiger partial charge on any atom is -0.480 e. The Bertz CT molecular complexity index is 172. The first-order valence-corrected chi connectivity index (χ1v) is 4.60. The SMILES string of the molecule is [CH2]CSCC(NC(C)=O)C(=O)O. The Morgan fingerprint density at radius 3 is 2.58 bits per heavy atom. The topological polar surface area (TPSA) is 66.4 Å². The quantitative estimate of drug-likeness (QED) is 0.647. The number of nitrogens with one attached hydrogen (secondary N) is 1. The first-order chi connectivity index (χ1) is 5.57. The number of aliphatic carboxylic acids is 1. The number of carboxylic acids is 1. The monoisotopic (exact) mass is 190 g/mol. The van der Waals surface area contributed by atoms with Gasteiger partial charge in [-0.25, -0.2) is 4.79 Å². The van der Waals surface area contributed by atoms with Gasteiger partial charge in [0.1, 0.15) is 6.04 Å². The molecule has 4 nitrogen and oxygen atoms in total. The number of carbonyl (C=O) groups is 2. The van der Waals surface area contributed by atoms with E-state index in [1.165, 1.54) is 18.7 Å². The molecular formula is C7H12NO3S. The Balaban J connectivity index is 3.87. The highest BCUT2D eigenvalue weighted by molar-refractivity contribution is 7.99. The summed E-state index contributed by atoms with van der Waals surface area (Å²) in [6, 6.07) is -0.797. The number of thioether (sulfide) groups is 1. The van der Waals surface area contributed by atoms with Crippen LogP contribution >= 0.6 is 11.8 Å². The molecule has 1 unspecified atom stereocenters. The molecule has 0 saturated carbocycles. The van der Waals surface area contributed by atoms with Crippen LogP contribution in [0.3, 0.4) is 0 Å². The summed E-state index contributed by atoms with van der Waals surface area (Å²) in [6.07, 6.45) is 0. The zero-order valence-corrected chi connectivity index (χ0v) is 7.69. The van der Waals surface area contributed by atoms with Crippen LogP contribution in [0.25, 0.3) is 0 Å². The van der Waals surface area contributed by atoms with Crippen molar-refractivity contribution in [3.05, 3.63) is 6.92 Å². The molecule has 2 N–H and O–H groups in total. The number of rotatable bonds is 5. The minimum absolute atomic E-state index is 0.327. The van der Waals surface area contributed by atoms with Crippen LogP contribution in [0.4, 0.5) is 0 Å². The van der Waals surface area contributed by atoms with Gasteiger partial charge in [0.25, 0.3) is 0 Å². The fraction of sp³-hybridized carbons (Fsp3) is 0.571. The Morgan fingerprint density at radius 2 is 2.25 bits per heavy atom. The third-order valence-electron chi connectivity index (χ3n) is 1.10. The Labute approximate surface area is 75.7 Å². The van der Waals surface area contributed by atoms with Gasteiger partial charge in [-0.3, -0.25) is 4.79 Å². The first kappa shape index (κ1) is 11.3. The average Bonchev–Trinajstić information content (AvgIpc) is 1.96. The normalized spacial score (nSPS) is 12.2. The average molecular weight is 190 g/mol. The molecule has 1 amide bonds. The molecule has 0 aliphatic heterocycles. The van der Waals surface area contributed by atoms with Gasteiger partial charge in [0.2, 0.25) is 5.91 Å². The largest absolute Gasteiger partial charge is 0.480 e. The molecule has 0 spiro atoms. The molecule has 0 aliphatic rings. The van der Waals surface area contributed by atoms with Gasteiger partial charge >= 0.3 is 5.97 Å². The third kappa shape index (κ3) is 5.01. The highest BCUT2D eigenvalue weighted by Crippen LogP contribution is 2.01. The van der Waals surface area contributed by atoms with Crippen LogP contribution in [-0.4, -0.2) is 34.5 Å². The van der Waals surface area contributed by atoms with E-state index in [1.807, 2.05) is 0 Å². The van der Waals surface area contributed by atoms with Crippen molar-refractivity contribution < 1.29 is 14.7 Å². The Hall–Kier alpha value is -0.710. The molecule has 0 bridgehead atoms. The van der Waals surface area contributed by atoms with Gasteiger partial charge in [-0.15, -0.1) is 0 Å². The van der Waals surface area contributed by atoms with Gasteiger partial charge in [0.15, 0.2) is 0 Å². The van der Waals surface area contributed by atoms with Crippen LogP contribution in [-0.2, 0) is 9.59 Å². The van der Waals surface area contributed by atoms with Crippen LogP contribution in [0.5, 0.6) is 0 Å². The van der Waals surface area contributed by atoms with Gasteiger partial charge in [0, 0.05) is 12.7 Å². The maximum Gasteiger partial charge on any atom is 0.327 e. The standard InChI is InChI=1S/C7H12NO3S/c1-3-12-4-6(7(10)11)8-5(2)9/h6H,1,3-4H2,2H3,(H,8,9)(H,10,11). The van der Waals surface area contributed by atoms with E-state index in [9.17, 15) is 9.59 Å². The summed E-state index contributed by atoms with van der Waals surface area (Å²) < 4.78 is 0. The molecule has 69 valence electrons. The van der Waals surface area contributed by atoms with E-state index in [4.69, 9.17) is 5.11 Å². The predicted molar refractivity (Wildman–Crippen MR) is 47.9 cm³/mol. The van der Waals surface area contributed by atoms with Gasteiger partial charge in [-0.2, -0.15) is 11.8 Å². The lowest BCUT2D eigenvalue weighted by Gasteiger charge is -2.11. The lowest BCUT2D eigenvalue weighted by molar-refractivity contribution is -0.140. The molecule has 12 heavy (non-hydrogen) atoms. The molecule has 0 aliphatic carbocycles. The zero-order valence-electron chi connectivity index (χ0n) is 6.87.